The highest BCUT2D eigenvalue weighted by molar-refractivity contribution is 7.89. The van der Waals surface area contributed by atoms with Crippen molar-refractivity contribution in [3.8, 4) is 11.3 Å². The van der Waals surface area contributed by atoms with Gasteiger partial charge in [0.1, 0.15) is 11.9 Å². The Kier molecular flexibility index (Phi) is 7.69. The van der Waals surface area contributed by atoms with E-state index in [0.717, 1.165) is 53.2 Å². The van der Waals surface area contributed by atoms with Crippen LogP contribution >= 0.6 is 0 Å². The lowest BCUT2D eigenvalue weighted by atomic mass is 10.1. The number of sulfonamides is 1. The number of rotatable bonds is 7. The predicted octanol–water partition coefficient (Wildman–Crippen LogP) is 4.10. The van der Waals surface area contributed by atoms with E-state index in [1.165, 1.54) is 0 Å². The van der Waals surface area contributed by atoms with Crippen molar-refractivity contribution in [3.63, 3.8) is 0 Å². The molecule has 202 valence electrons. The molecule has 0 radical (unpaired) electrons. The molecule has 0 saturated carbocycles. The fourth-order valence-corrected chi connectivity index (χ4v) is 5.61. The first-order valence-electron chi connectivity index (χ1n) is 11.1. The van der Waals surface area contributed by atoms with Gasteiger partial charge in [-0.3, -0.25) is 9.78 Å². The molecule has 1 atom stereocenters. The van der Waals surface area contributed by atoms with E-state index in [0.29, 0.717) is 6.42 Å². The molecule has 1 N–H and O–H groups in total. The van der Waals surface area contributed by atoms with E-state index in [4.69, 9.17) is 0 Å². The van der Waals surface area contributed by atoms with Crippen LogP contribution in [0.25, 0.3) is 11.3 Å². The van der Waals surface area contributed by atoms with Crippen molar-refractivity contribution in [3.05, 3.63) is 71.7 Å². The molecule has 0 bridgehead atoms. The van der Waals surface area contributed by atoms with E-state index < -0.39 is 58.3 Å². The Hall–Kier alpha value is -3.59. The summed E-state index contributed by atoms with van der Waals surface area (Å²) < 4.78 is 106. The van der Waals surface area contributed by atoms with Gasteiger partial charge in [0.05, 0.1) is 10.6 Å². The molecule has 0 unspecified atom stereocenters. The van der Waals surface area contributed by atoms with Gasteiger partial charge in [-0.1, -0.05) is 0 Å². The van der Waals surface area contributed by atoms with Crippen molar-refractivity contribution in [2.75, 3.05) is 6.54 Å². The van der Waals surface area contributed by atoms with E-state index in [2.05, 4.69) is 20.3 Å². The monoisotopic (exact) mass is 559 g/mol. The normalized spacial score (nSPS) is 16.7. The smallest absolute Gasteiger partial charge is 0.351 e. The zero-order valence-electron chi connectivity index (χ0n) is 19.3. The van der Waals surface area contributed by atoms with Crippen molar-refractivity contribution >= 4 is 15.9 Å². The Labute approximate surface area is 212 Å². The fraction of sp³-hybridized carbons (Fsp3) is 0.304. The number of pyridine rings is 1. The number of nitrogens with one attached hydrogen (secondary N) is 1. The van der Waals surface area contributed by atoms with Crippen LogP contribution in [0.15, 0.2) is 53.8 Å². The molecule has 4 rings (SSSR count). The van der Waals surface area contributed by atoms with Gasteiger partial charge in [0.15, 0.2) is 0 Å². The number of hydrogen-bond donors (Lipinski definition) is 1. The number of nitrogens with zero attached hydrogens (tertiary/aromatic N) is 4. The first kappa shape index (κ1) is 27.4. The van der Waals surface area contributed by atoms with Gasteiger partial charge in [0.25, 0.3) is 6.43 Å². The van der Waals surface area contributed by atoms with E-state index in [-0.39, 0.29) is 34.7 Å². The van der Waals surface area contributed by atoms with E-state index >= 15 is 0 Å². The first-order valence-corrected chi connectivity index (χ1v) is 12.5. The Morgan fingerprint density at radius 2 is 1.74 bits per heavy atom. The molecular weight excluding hydrogens is 540 g/mol. The zero-order valence-corrected chi connectivity index (χ0v) is 20.1. The van der Waals surface area contributed by atoms with Crippen LogP contribution in [0.1, 0.15) is 36.2 Å². The number of alkyl halides is 5. The van der Waals surface area contributed by atoms with Crippen LogP contribution in [-0.2, 0) is 27.5 Å². The third-order valence-electron chi connectivity index (χ3n) is 5.84. The molecule has 3 aromatic rings. The fourth-order valence-electron chi connectivity index (χ4n) is 3.95. The maximum atomic E-state index is 13.6. The summed E-state index contributed by atoms with van der Waals surface area (Å²) in [6.07, 6.45) is -4.67. The number of hydrogen-bond acceptors (Lipinski definition) is 6. The third kappa shape index (κ3) is 5.78. The maximum absolute atomic E-state index is 13.6. The minimum Gasteiger partial charge on any atom is -0.351 e. The van der Waals surface area contributed by atoms with Gasteiger partial charge in [-0.25, -0.2) is 31.6 Å². The summed E-state index contributed by atoms with van der Waals surface area (Å²) in [6.45, 7) is -0.399. The highest BCUT2D eigenvalue weighted by Crippen LogP contribution is 2.30. The van der Waals surface area contributed by atoms with Crippen LogP contribution < -0.4 is 5.32 Å². The summed E-state index contributed by atoms with van der Waals surface area (Å²) in [7, 11) is -4.13. The number of benzene rings is 1. The summed E-state index contributed by atoms with van der Waals surface area (Å²) in [5, 5.41) is 2.46. The lowest BCUT2D eigenvalue weighted by molar-refractivity contribution is -0.145. The van der Waals surface area contributed by atoms with Crippen LogP contribution in [0.2, 0.25) is 0 Å². The zero-order chi connectivity index (χ0) is 27.7. The van der Waals surface area contributed by atoms with Gasteiger partial charge in [-0.2, -0.15) is 17.5 Å². The second kappa shape index (κ2) is 10.6. The van der Waals surface area contributed by atoms with Crippen LogP contribution in [0.4, 0.5) is 26.3 Å². The first-order chi connectivity index (χ1) is 17.9. The number of amides is 1. The Morgan fingerprint density at radius 1 is 1.08 bits per heavy atom. The lowest BCUT2D eigenvalue weighted by Crippen LogP contribution is -2.45. The highest BCUT2D eigenvalue weighted by Gasteiger charge is 2.39. The Bertz CT molecular complexity index is 1420. The molecule has 1 saturated heterocycles. The van der Waals surface area contributed by atoms with E-state index in [1.54, 1.807) is 0 Å². The van der Waals surface area contributed by atoms with Gasteiger partial charge in [-0.15, -0.1) is 0 Å². The molecule has 0 aliphatic carbocycles. The third-order valence-corrected chi connectivity index (χ3v) is 7.76. The molecule has 0 spiro atoms. The minimum absolute atomic E-state index is 0.00578. The quantitative estimate of drug-likeness (QED) is 0.437. The van der Waals surface area contributed by atoms with Gasteiger partial charge in [0, 0.05) is 42.8 Å². The second-order valence-corrected chi connectivity index (χ2v) is 10.2. The molecule has 1 aliphatic rings. The molecule has 38 heavy (non-hydrogen) atoms. The number of aromatic nitrogens is 3. The number of carbonyl (C=O) groups excluding carboxylic acids is 1. The summed E-state index contributed by atoms with van der Waals surface area (Å²) >= 11 is 0. The van der Waals surface area contributed by atoms with E-state index in [1.807, 2.05) is 0 Å². The molecule has 2 aromatic heterocycles. The second-order valence-electron chi connectivity index (χ2n) is 8.31. The van der Waals surface area contributed by atoms with Crippen molar-refractivity contribution in [2.24, 2.45) is 0 Å². The number of carbonyl (C=O) groups is 1. The SMILES string of the molecule is O=C(NCc1cc(-c2cnc(C(F)(F)F)nc2)ncc1C(F)F)[C@@H]1CCCN1S(=O)(=O)c1ccc(F)cc1. The van der Waals surface area contributed by atoms with Crippen molar-refractivity contribution in [1.29, 1.82) is 0 Å². The molecule has 1 aromatic carbocycles. The lowest BCUT2D eigenvalue weighted by Gasteiger charge is -2.23. The summed E-state index contributed by atoms with van der Waals surface area (Å²) in [4.78, 5) is 23.0. The summed E-state index contributed by atoms with van der Waals surface area (Å²) in [5.74, 6) is -2.74. The summed E-state index contributed by atoms with van der Waals surface area (Å²) in [6, 6.07) is 4.16. The van der Waals surface area contributed by atoms with Crippen molar-refractivity contribution in [2.45, 2.75) is 42.9 Å². The molecule has 1 fully saturated rings. The molecule has 1 amide bonds. The van der Waals surface area contributed by atoms with Crippen molar-refractivity contribution < 1.29 is 39.6 Å². The maximum Gasteiger partial charge on any atom is 0.451 e. The summed E-state index contributed by atoms with van der Waals surface area (Å²) in [5.41, 5.74) is -0.583. The predicted molar refractivity (Wildman–Crippen MR) is 120 cm³/mol. The van der Waals surface area contributed by atoms with Gasteiger partial charge >= 0.3 is 6.18 Å². The average Bonchev–Trinajstić information content (AvgIpc) is 3.38. The largest absolute Gasteiger partial charge is 0.451 e. The van der Waals surface area contributed by atoms with Gasteiger partial charge < -0.3 is 5.32 Å². The molecule has 1 aliphatic heterocycles. The Morgan fingerprint density at radius 3 is 2.34 bits per heavy atom. The molecule has 8 nitrogen and oxygen atoms in total. The van der Waals surface area contributed by atoms with Crippen LogP contribution in [0.5, 0.6) is 0 Å². The average molecular weight is 559 g/mol. The standard InChI is InChI=1S/C23H19F6N5O3S/c24-15-3-5-16(6-4-15)38(36,37)34-7-1-2-19(34)21(35)31-9-13-8-18(30-12-17(13)20(25)26)14-10-32-22(33-11-14)23(27,28)29/h3-6,8,10-12,19-20H,1-2,7,9H2,(H,31,35)/t19-/m0/s1. The van der Waals surface area contributed by atoms with Gasteiger partial charge in [0.2, 0.25) is 21.8 Å². The van der Waals surface area contributed by atoms with Crippen LogP contribution in [0.3, 0.4) is 0 Å². The van der Waals surface area contributed by atoms with Gasteiger partial charge in [-0.05, 0) is 48.7 Å². The highest BCUT2D eigenvalue weighted by atomic mass is 32.2. The Balaban J connectivity index is 1.53. The van der Waals surface area contributed by atoms with Crippen LogP contribution in [-0.4, -0.2) is 46.2 Å². The molecular formula is C23H19F6N5O3S. The van der Waals surface area contributed by atoms with E-state index in [9.17, 15) is 39.6 Å². The van der Waals surface area contributed by atoms with Crippen LogP contribution in [0, 0.1) is 5.82 Å². The number of halogens is 6. The van der Waals surface area contributed by atoms with Crippen molar-refractivity contribution in [1.82, 2.24) is 24.6 Å². The topological polar surface area (TPSA) is 105 Å². The molecule has 15 heteroatoms. The molecule has 3 heterocycles. The minimum atomic E-state index is -4.76.